The van der Waals surface area contributed by atoms with Gasteiger partial charge >= 0.3 is 5.97 Å². The molecular formula is C16H21N3O4S2. The molecule has 1 aliphatic rings. The predicted octanol–water partition coefficient (Wildman–Crippen LogP) is 1.77. The molecule has 0 saturated carbocycles. The summed E-state index contributed by atoms with van der Waals surface area (Å²) in [6.07, 6.45) is 1.26. The smallest absolute Gasteiger partial charge is 0.317 e. The molecule has 1 saturated heterocycles. The maximum absolute atomic E-state index is 12.9. The van der Waals surface area contributed by atoms with Gasteiger partial charge in [-0.2, -0.15) is 4.31 Å². The molecule has 0 atom stereocenters. The van der Waals surface area contributed by atoms with E-state index in [-0.39, 0.29) is 12.6 Å². The van der Waals surface area contributed by atoms with Crippen molar-refractivity contribution in [3.8, 4) is 0 Å². The van der Waals surface area contributed by atoms with Crippen LogP contribution in [0.25, 0.3) is 10.2 Å². The predicted molar refractivity (Wildman–Crippen MR) is 96.4 cm³/mol. The van der Waals surface area contributed by atoms with Gasteiger partial charge in [0.2, 0.25) is 10.0 Å². The topological polar surface area (TPSA) is 90.8 Å². The average molecular weight is 383 g/mol. The van der Waals surface area contributed by atoms with Crippen LogP contribution in [0.3, 0.4) is 0 Å². The molecule has 2 aromatic rings. The lowest BCUT2D eigenvalue weighted by Gasteiger charge is -2.35. The number of aromatic nitrogens is 1. The first kappa shape index (κ1) is 18.2. The van der Waals surface area contributed by atoms with Gasteiger partial charge in [0.25, 0.3) is 0 Å². The first-order chi connectivity index (χ1) is 11.8. The minimum absolute atomic E-state index is 0.0290. The molecular weight excluding hydrogens is 362 g/mol. The molecule has 1 aliphatic heterocycles. The van der Waals surface area contributed by atoms with Crippen molar-refractivity contribution in [1.29, 1.82) is 0 Å². The van der Waals surface area contributed by atoms with Gasteiger partial charge in [0, 0.05) is 19.1 Å². The van der Waals surface area contributed by atoms with Crippen molar-refractivity contribution in [3.63, 3.8) is 0 Å². The Morgan fingerprint density at radius 1 is 1.40 bits per heavy atom. The minimum atomic E-state index is -3.54. The Hall–Kier alpha value is -1.55. The second kappa shape index (κ2) is 6.99. The molecule has 1 fully saturated rings. The lowest BCUT2D eigenvalue weighted by molar-refractivity contribution is -0.138. The van der Waals surface area contributed by atoms with Crippen LogP contribution in [0.5, 0.6) is 0 Å². The Kier molecular flexibility index (Phi) is 5.10. The number of sulfonamides is 1. The zero-order valence-electron chi connectivity index (χ0n) is 14.2. The molecule has 1 N–H and O–H groups in total. The van der Waals surface area contributed by atoms with Gasteiger partial charge in [0.15, 0.2) is 0 Å². The van der Waals surface area contributed by atoms with Gasteiger partial charge in [-0.15, -0.1) is 11.3 Å². The fraction of sp³-hybridized carbons (Fsp3) is 0.500. The second-order valence-electron chi connectivity index (χ2n) is 6.31. The van der Waals surface area contributed by atoms with E-state index in [4.69, 9.17) is 5.11 Å². The highest BCUT2D eigenvalue weighted by Crippen LogP contribution is 2.28. The number of aliphatic carboxylic acids is 1. The van der Waals surface area contributed by atoms with Crippen LogP contribution in [0.2, 0.25) is 0 Å². The molecule has 1 aromatic heterocycles. The second-order valence-corrected chi connectivity index (χ2v) is 9.48. The van der Waals surface area contributed by atoms with Crippen molar-refractivity contribution in [3.05, 3.63) is 23.2 Å². The number of carboxylic acid groups (broad SMARTS) is 1. The van der Waals surface area contributed by atoms with E-state index in [2.05, 4.69) is 4.98 Å². The molecule has 0 amide bonds. The molecule has 7 nitrogen and oxygen atoms in total. The third-order valence-electron chi connectivity index (χ3n) is 4.54. The Morgan fingerprint density at radius 2 is 2.08 bits per heavy atom. The number of thiazole rings is 1. The summed E-state index contributed by atoms with van der Waals surface area (Å²) in [4.78, 5) is 17.2. The number of hydrogen-bond acceptors (Lipinski definition) is 6. The summed E-state index contributed by atoms with van der Waals surface area (Å²) in [6.45, 7) is 2.67. The number of hydrogen-bond donors (Lipinski definition) is 1. The normalized spacial score (nSPS) is 17.4. The molecule has 3 rings (SSSR count). The minimum Gasteiger partial charge on any atom is -0.480 e. The van der Waals surface area contributed by atoms with Crippen molar-refractivity contribution in [1.82, 2.24) is 14.2 Å². The summed E-state index contributed by atoms with van der Waals surface area (Å²) in [5.74, 6) is -0.870. The highest BCUT2D eigenvalue weighted by atomic mass is 32.2. The molecule has 0 bridgehead atoms. The molecule has 0 spiro atoms. The Balaban J connectivity index is 1.73. The number of piperidine rings is 1. The van der Waals surface area contributed by atoms with E-state index in [1.54, 1.807) is 30.1 Å². The van der Waals surface area contributed by atoms with Crippen molar-refractivity contribution in [2.24, 2.45) is 0 Å². The zero-order chi connectivity index (χ0) is 18.2. The number of fused-ring (bicyclic) bond motifs is 1. The first-order valence-corrected chi connectivity index (χ1v) is 10.3. The lowest BCUT2D eigenvalue weighted by Crippen LogP contribution is -2.46. The van der Waals surface area contributed by atoms with E-state index in [0.717, 1.165) is 15.2 Å². The van der Waals surface area contributed by atoms with E-state index >= 15 is 0 Å². The fourth-order valence-corrected chi connectivity index (χ4v) is 5.63. The van der Waals surface area contributed by atoms with Crippen molar-refractivity contribution >= 4 is 37.5 Å². The Bertz CT molecular complexity index is 886. The maximum Gasteiger partial charge on any atom is 0.317 e. The number of benzene rings is 1. The van der Waals surface area contributed by atoms with Gasteiger partial charge in [-0.05, 0) is 45.0 Å². The van der Waals surface area contributed by atoms with Gasteiger partial charge in [-0.1, -0.05) is 0 Å². The number of carbonyl (C=O) groups is 1. The number of carboxylic acids is 1. The molecule has 1 aromatic carbocycles. The lowest BCUT2D eigenvalue weighted by atomic mass is 10.1. The van der Waals surface area contributed by atoms with Crippen LogP contribution >= 0.6 is 11.3 Å². The Morgan fingerprint density at radius 3 is 2.72 bits per heavy atom. The summed E-state index contributed by atoms with van der Waals surface area (Å²) in [7, 11) is -1.77. The molecule has 0 radical (unpaired) electrons. The van der Waals surface area contributed by atoms with E-state index in [1.807, 2.05) is 6.92 Å². The van der Waals surface area contributed by atoms with Gasteiger partial charge in [-0.25, -0.2) is 13.4 Å². The van der Waals surface area contributed by atoms with Gasteiger partial charge in [-0.3, -0.25) is 9.69 Å². The Labute approximate surface area is 150 Å². The number of nitrogens with zero attached hydrogens (tertiary/aromatic N) is 3. The summed E-state index contributed by atoms with van der Waals surface area (Å²) in [6, 6.07) is 5.14. The molecule has 136 valence electrons. The number of likely N-dealkylation sites (N-methyl/N-ethyl adjacent to an activating group) is 1. The molecule has 9 heteroatoms. The van der Waals surface area contributed by atoms with Crippen LogP contribution in [0.1, 0.15) is 17.8 Å². The molecule has 0 unspecified atom stereocenters. The monoisotopic (exact) mass is 383 g/mol. The standard InChI is InChI=1S/C16H21N3O4S2/c1-11-17-14-4-3-13(9-15(14)24-11)25(22,23)19-7-5-12(6-8-19)18(2)10-16(20)21/h3-4,9,12H,5-8,10H2,1-2H3,(H,20,21). The van der Waals surface area contributed by atoms with Gasteiger partial charge in [0.1, 0.15) is 0 Å². The van der Waals surface area contributed by atoms with Crippen LogP contribution < -0.4 is 0 Å². The van der Waals surface area contributed by atoms with Crippen LogP contribution in [0, 0.1) is 6.92 Å². The van der Waals surface area contributed by atoms with E-state index < -0.39 is 16.0 Å². The first-order valence-electron chi connectivity index (χ1n) is 8.07. The van der Waals surface area contributed by atoms with Crippen LogP contribution in [-0.4, -0.2) is 66.4 Å². The summed E-state index contributed by atoms with van der Waals surface area (Å²) in [5, 5.41) is 9.79. The third-order valence-corrected chi connectivity index (χ3v) is 7.36. The van der Waals surface area contributed by atoms with Gasteiger partial charge < -0.3 is 5.11 Å². The highest BCUT2D eigenvalue weighted by molar-refractivity contribution is 7.89. The highest BCUT2D eigenvalue weighted by Gasteiger charge is 2.31. The summed E-state index contributed by atoms with van der Waals surface area (Å²) < 4.78 is 28.2. The SMILES string of the molecule is Cc1nc2ccc(S(=O)(=O)N3CCC(N(C)CC(=O)O)CC3)cc2s1. The number of rotatable bonds is 5. The largest absolute Gasteiger partial charge is 0.480 e. The number of aryl methyl sites for hydroxylation is 1. The summed E-state index contributed by atoms with van der Waals surface area (Å²) in [5.41, 5.74) is 0.815. The molecule has 2 heterocycles. The quantitative estimate of drug-likeness (QED) is 0.846. The van der Waals surface area contributed by atoms with Crippen LogP contribution in [0.15, 0.2) is 23.1 Å². The van der Waals surface area contributed by atoms with Crippen molar-refractivity contribution in [2.75, 3.05) is 26.7 Å². The third kappa shape index (κ3) is 3.84. The van der Waals surface area contributed by atoms with Gasteiger partial charge in [0.05, 0.1) is 26.7 Å². The average Bonchev–Trinajstić information content (AvgIpc) is 2.93. The van der Waals surface area contributed by atoms with E-state index in [1.165, 1.54) is 15.6 Å². The zero-order valence-corrected chi connectivity index (χ0v) is 15.8. The molecule has 25 heavy (non-hydrogen) atoms. The van der Waals surface area contributed by atoms with Crippen LogP contribution in [0.4, 0.5) is 0 Å². The van der Waals surface area contributed by atoms with Crippen molar-refractivity contribution in [2.45, 2.75) is 30.7 Å². The van der Waals surface area contributed by atoms with Crippen molar-refractivity contribution < 1.29 is 18.3 Å². The van der Waals surface area contributed by atoms with Crippen LogP contribution in [-0.2, 0) is 14.8 Å². The maximum atomic E-state index is 12.9. The van der Waals surface area contributed by atoms with E-state index in [0.29, 0.717) is 30.8 Å². The fourth-order valence-electron chi connectivity index (χ4n) is 3.20. The van der Waals surface area contributed by atoms with E-state index in [9.17, 15) is 13.2 Å². The molecule has 0 aliphatic carbocycles. The summed E-state index contributed by atoms with van der Waals surface area (Å²) >= 11 is 1.48.